The summed E-state index contributed by atoms with van der Waals surface area (Å²) in [7, 11) is 3.73. The van der Waals surface area contributed by atoms with Gasteiger partial charge in [0.05, 0.1) is 18.7 Å². The van der Waals surface area contributed by atoms with Crippen molar-refractivity contribution < 1.29 is 14.4 Å². The van der Waals surface area contributed by atoms with Gasteiger partial charge in [-0.05, 0) is 38.4 Å². The van der Waals surface area contributed by atoms with E-state index in [1.807, 2.05) is 4.90 Å². The Morgan fingerprint density at radius 2 is 2.04 bits per heavy atom. The summed E-state index contributed by atoms with van der Waals surface area (Å²) in [6.07, 6.45) is 3.48. The molecule has 1 saturated heterocycles. The third-order valence-corrected chi connectivity index (χ3v) is 6.82. The fraction of sp³-hybridized carbons (Fsp3) is 0.611. The Morgan fingerprint density at radius 1 is 1.23 bits per heavy atom. The number of carbonyl (C=O) groups excluding carboxylic acids is 3. The van der Waals surface area contributed by atoms with E-state index < -0.39 is 0 Å². The number of hydrogen-bond acceptors (Lipinski definition) is 5. The average molecular weight is 376 g/mol. The van der Waals surface area contributed by atoms with Crippen molar-refractivity contribution in [2.75, 3.05) is 39.0 Å². The van der Waals surface area contributed by atoms with Crippen molar-refractivity contribution in [2.45, 2.75) is 38.3 Å². The summed E-state index contributed by atoms with van der Waals surface area (Å²) in [5, 5.41) is 3.49. The van der Waals surface area contributed by atoms with Crippen LogP contribution in [0.25, 0.3) is 0 Å². The van der Waals surface area contributed by atoms with Gasteiger partial charge in [-0.15, -0.1) is 11.3 Å². The Hall–Kier alpha value is -1.93. The lowest BCUT2D eigenvalue weighted by Crippen LogP contribution is -2.39. The van der Waals surface area contributed by atoms with Crippen LogP contribution in [0.1, 0.15) is 40.1 Å². The summed E-state index contributed by atoms with van der Waals surface area (Å²) in [4.78, 5) is 44.0. The first-order valence-corrected chi connectivity index (χ1v) is 9.93. The number of likely N-dealkylation sites (N-methyl/N-ethyl adjacent to an activating group) is 1. The normalized spacial score (nSPS) is 23.5. The molecule has 8 heteroatoms. The SMILES string of the molecule is CN1CC(=O)Nc2sc3c(c2C1=O)CCN(C(=O)CC1CCCN1C)C3. The molecule has 26 heavy (non-hydrogen) atoms. The van der Waals surface area contributed by atoms with E-state index in [2.05, 4.69) is 17.3 Å². The molecule has 0 bridgehead atoms. The molecule has 1 atom stereocenters. The molecular formula is C18H24N4O3S. The zero-order valence-electron chi connectivity index (χ0n) is 15.2. The summed E-state index contributed by atoms with van der Waals surface area (Å²) in [6.45, 7) is 2.31. The fourth-order valence-corrected chi connectivity index (χ4v) is 5.41. The van der Waals surface area contributed by atoms with E-state index in [1.54, 1.807) is 7.05 Å². The van der Waals surface area contributed by atoms with E-state index in [1.165, 1.54) is 16.2 Å². The van der Waals surface area contributed by atoms with E-state index in [0.29, 0.717) is 42.5 Å². The molecule has 0 spiro atoms. The van der Waals surface area contributed by atoms with E-state index in [4.69, 9.17) is 0 Å². The van der Waals surface area contributed by atoms with Crippen LogP contribution < -0.4 is 5.32 Å². The highest BCUT2D eigenvalue weighted by molar-refractivity contribution is 7.17. The molecule has 0 aliphatic carbocycles. The highest BCUT2D eigenvalue weighted by Gasteiger charge is 2.34. The quantitative estimate of drug-likeness (QED) is 0.840. The monoisotopic (exact) mass is 376 g/mol. The summed E-state index contributed by atoms with van der Waals surface area (Å²) < 4.78 is 0. The van der Waals surface area contributed by atoms with Gasteiger partial charge in [0.25, 0.3) is 5.91 Å². The van der Waals surface area contributed by atoms with Crippen LogP contribution in [-0.2, 0) is 22.6 Å². The van der Waals surface area contributed by atoms with Crippen LogP contribution in [0, 0.1) is 0 Å². The topological polar surface area (TPSA) is 73.0 Å². The number of anilines is 1. The molecule has 3 aliphatic rings. The molecule has 0 saturated carbocycles. The molecule has 1 fully saturated rings. The molecule has 0 aromatic carbocycles. The van der Waals surface area contributed by atoms with Gasteiger partial charge in [0.1, 0.15) is 5.00 Å². The maximum absolute atomic E-state index is 12.7. The maximum atomic E-state index is 12.7. The minimum absolute atomic E-state index is 0.0779. The summed E-state index contributed by atoms with van der Waals surface area (Å²) >= 11 is 1.44. The second kappa shape index (κ2) is 6.66. The second-order valence-corrected chi connectivity index (χ2v) is 8.57. The lowest BCUT2D eigenvalue weighted by molar-refractivity contribution is -0.133. The van der Waals surface area contributed by atoms with E-state index in [0.717, 1.165) is 29.8 Å². The first kappa shape index (κ1) is 17.5. The van der Waals surface area contributed by atoms with Gasteiger partial charge in [-0.2, -0.15) is 0 Å². The molecular weight excluding hydrogens is 352 g/mol. The number of carbonyl (C=O) groups is 3. The number of hydrogen-bond donors (Lipinski definition) is 1. The predicted molar refractivity (Wildman–Crippen MR) is 99.3 cm³/mol. The highest BCUT2D eigenvalue weighted by Crippen LogP contribution is 2.39. The molecule has 4 heterocycles. The molecule has 0 radical (unpaired) electrons. The van der Waals surface area contributed by atoms with Crippen LogP contribution in [0.2, 0.25) is 0 Å². The van der Waals surface area contributed by atoms with Crippen LogP contribution >= 0.6 is 11.3 Å². The summed E-state index contributed by atoms with van der Waals surface area (Å²) in [5.74, 6) is -0.0934. The minimum Gasteiger partial charge on any atom is -0.337 e. The van der Waals surface area contributed by atoms with Crippen LogP contribution in [0.15, 0.2) is 0 Å². The number of thiophene rings is 1. The number of likely N-dealkylation sites (tertiary alicyclic amines) is 1. The molecule has 140 valence electrons. The van der Waals surface area contributed by atoms with Crippen LogP contribution in [-0.4, -0.2) is 72.2 Å². The zero-order chi connectivity index (χ0) is 18.4. The van der Waals surface area contributed by atoms with Crippen molar-refractivity contribution in [2.24, 2.45) is 0 Å². The number of amides is 3. The standard InChI is InChI=1S/C18H24N4O3S/c1-20-6-3-4-11(20)8-15(24)22-7-5-12-13(9-22)26-17-16(12)18(25)21(2)10-14(23)19-17/h11H,3-10H2,1-2H3,(H,19,23). The lowest BCUT2D eigenvalue weighted by atomic mass is 10.0. The van der Waals surface area contributed by atoms with Crippen LogP contribution in [0.4, 0.5) is 5.00 Å². The number of nitrogens with one attached hydrogen (secondary N) is 1. The first-order valence-electron chi connectivity index (χ1n) is 9.12. The Labute approximate surface area is 156 Å². The first-order chi connectivity index (χ1) is 12.4. The number of fused-ring (bicyclic) bond motifs is 3. The Kier molecular flexibility index (Phi) is 4.48. The fourth-order valence-electron chi connectivity index (χ4n) is 4.14. The van der Waals surface area contributed by atoms with Crippen molar-refractivity contribution in [3.05, 3.63) is 16.0 Å². The second-order valence-electron chi connectivity index (χ2n) is 7.46. The number of nitrogens with zero attached hydrogens (tertiary/aromatic N) is 3. The van der Waals surface area contributed by atoms with Gasteiger partial charge in [0, 0.05) is 30.9 Å². The Morgan fingerprint density at radius 3 is 2.77 bits per heavy atom. The Bertz CT molecular complexity index is 775. The van der Waals surface area contributed by atoms with Crippen molar-refractivity contribution >= 4 is 34.1 Å². The summed E-state index contributed by atoms with van der Waals surface area (Å²) in [6, 6.07) is 0.346. The summed E-state index contributed by atoms with van der Waals surface area (Å²) in [5.41, 5.74) is 1.63. The molecule has 1 aromatic rings. The largest absolute Gasteiger partial charge is 0.337 e. The van der Waals surface area contributed by atoms with Gasteiger partial charge in [-0.25, -0.2) is 0 Å². The van der Waals surface area contributed by atoms with E-state index >= 15 is 0 Å². The molecule has 3 amide bonds. The lowest BCUT2D eigenvalue weighted by Gasteiger charge is -2.29. The van der Waals surface area contributed by atoms with Gasteiger partial charge in [0.2, 0.25) is 11.8 Å². The minimum atomic E-state index is -0.171. The molecule has 3 aliphatic heterocycles. The third kappa shape index (κ3) is 3.01. The Balaban J connectivity index is 1.53. The predicted octanol–water partition coefficient (Wildman–Crippen LogP) is 1.14. The molecule has 1 N–H and O–H groups in total. The van der Waals surface area contributed by atoms with E-state index in [9.17, 15) is 14.4 Å². The number of rotatable bonds is 2. The van der Waals surface area contributed by atoms with Crippen molar-refractivity contribution in [3.63, 3.8) is 0 Å². The van der Waals surface area contributed by atoms with Gasteiger partial charge in [-0.1, -0.05) is 0 Å². The highest BCUT2D eigenvalue weighted by atomic mass is 32.1. The smallest absolute Gasteiger partial charge is 0.257 e. The van der Waals surface area contributed by atoms with Gasteiger partial charge in [0.15, 0.2) is 0 Å². The van der Waals surface area contributed by atoms with Crippen LogP contribution in [0.3, 0.4) is 0 Å². The van der Waals surface area contributed by atoms with Gasteiger partial charge < -0.3 is 20.0 Å². The molecule has 4 rings (SSSR count). The average Bonchev–Trinajstić information content (AvgIpc) is 3.13. The van der Waals surface area contributed by atoms with Gasteiger partial charge >= 0.3 is 0 Å². The van der Waals surface area contributed by atoms with Crippen LogP contribution in [0.5, 0.6) is 0 Å². The van der Waals surface area contributed by atoms with E-state index in [-0.39, 0.29) is 24.3 Å². The zero-order valence-corrected chi connectivity index (χ0v) is 16.0. The molecule has 7 nitrogen and oxygen atoms in total. The van der Waals surface area contributed by atoms with Crippen molar-refractivity contribution in [1.82, 2.24) is 14.7 Å². The molecule has 1 aromatic heterocycles. The maximum Gasteiger partial charge on any atom is 0.257 e. The molecule has 1 unspecified atom stereocenters. The third-order valence-electron chi connectivity index (χ3n) is 5.69. The van der Waals surface area contributed by atoms with Gasteiger partial charge in [-0.3, -0.25) is 14.4 Å². The van der Waals surface area contributed by atoms with Crippen molar-refractivity contribution in [1.29, 1.82) is 0 Å². The van der Waals surface area contributed by atoms with Crippen molar-refractivity contribution in [3.8, 4) is 0 Å².